The third-order valence-electron chi connectivity index (χ3n) is 2.47. The Kier molecular flexibility index (Phi) is 4.89. The van der Waals surface area contributed by atoms with Gasteiger partial charge in [0.1, 0.15) is 6.07 Å². The van der Waals surface area contributed by atoms with Crippen LogP contribution in [0.3, 0.4) is 0 Å². The van der Waals surface area contributed by atoms with E-state index in [2.05, 4.69) is 17.0 Å². The number of hydrogen-bond acceptors (Lipinski definition) is 3. The lowest BCUT2D eigenvalue weighted by atomic mass is 10.1. The van der Waals surface area contributed by atoms with Crippen molar-refractivity contribution in [3.05, 3.63) is 29.8 Å². The van der Waals surface area contributed by atoms with Crippen LogP contribution in [0.25, 0.3) is 0 Å². The monoisotopic (exact) mass is 213 g/mol. The van der Waals surface area contributed by atoms with E-state index in [1.165, 1.54) is 0 Å². The SMILES string of the molecule is CN(CCCCC#N)c1ccccc1C#N. The second-order valence-corrected chi connectivity index (χ2v) is 3.67. The van der Waals surface area contributed by atoms with E-state index < -0.39 is 0 Å². The summed E-state index contributed by atoms with van der Waals surface area (Å²) in [5.74, 6) is 0. The Morgan fingerprint density at radius 3 is 2.62 bits per heavy atom. The van der Waals surface area contributed by atoms with Crippen molar-refractivity contribution in [3.63, 3.8) is 0 Å². The standard InChI is InChI=1S/C13H15N3/c1-16(10-6-2-5-9-14)13-8-4-3-7-12(13)11-15/h3-4,7-8H,2,5-6,10H2,1H3. The van der Waals surface area contributed by atoms with Crippen molar-refractivity contribution >= 4 is 5.69 Å². The van der Waals surface area contributed by atoms with Crippen LogP contribution < -0.4 is 4.90 Å². The van der Waals surface area contributed by atoms with Crippen LogP contribution in [0, 0.1) is 22.7 Å². The highest BCUT2D eigenvalue weighted by atomic mass is 15.1. The molecule has 0 unspecified atom stereocenters. The second-order valence-electron chi connectivity index (χ2n) is 3.67. The molecule has 3 heteroatoms. The molecule has 82 valence electrons. The smallest absolute Gasteiger partial charge is 0.101 e. The van der Waals surface area contributed by atoms with Crippen molar-refractivity contribution in [3.8, 4) is 12.1 Å². The van der Waals surface area contributed by atoms with Gasteiger partial charge in [0.15, 0.2) is 0 Å². The molecule has 0 fully saturated rings. The minimum absolute atomic E-state index is 0.605. The van der Waals surface area contributed by atoms with Crippen LogP contribution >= 0.6 is 0 Å². The Bertz CT molecular complexity index is 412. The Hall–Kier alpha value is -2.00. The van der Waals surface area contributed by atoms with Gasteiger partial charge in [-0.05, 0) is 25.0 Å². The quantitative estimate of drug-likeness (QED) is 0.706. The van der Waals surface area contributed by atoms with Crippen molar-refractivity contribution in [1.29, 1.82) is 10.5 Å². The summed E-state index contributed by atoms with van der Waals surface area (Å²) in [6.07, 6.45) is 2.49. The Labute approximate surface area is 96.5 Å². The minimum Gasteiger partial charge on any atom is -0.374 e. The highest BCUT2D eigenvalue weighted by molar-refractivity contribution is 5.58. The van der Waals surface area contributed by atoms with Gasteiger partial charge >= 0.3 is 0 Å². The molecule has 1 rings (SSSR count). The minimum atomic E-state index is 0.605. The second kappa shape index (κ2) is 6.48. The Morgan fingerprint density at radius 2 is 1.94 bits per heavy atom. The van der Waals surface area contributed by atoms with Gasteiger partial charge in [-0.1, -0.05) is 12.1 Å². The van der Waals surface area contributed by atoms with Gasteiger partial charge in [-0.2, -0.15) is 10.5 Å². The summed E-state index contributed by atoms with van der Waals surface area (Å²) in [4.78, 5) is 2.07. The fraction of sp³-hybridized carbons (Fsp3) is 0.385. The first-order valence-electron chi connectivity index (χ1n) is 5.37. The summed E-state index contributed by atoms with van der Waals surface area (Å²) in [5, 5.41) is 17.4. The van der Waals surface area contributed by atoms with Crippen molar-refractivity contribution in [2.45, 2.75) is 19.3 Å². The van der Waals surface area contributed by atoms with E-state index >= 15 is 0 Å². The lowest BCUT2D eigenvalue weighted by molar-refractivity contribution is 0.734. The van der Waals surface area contributed by atoms with Gasteiger partial charge in [-0.3, -0.25) is 0 Å². The van der Waals surface area contributed by atoms with E-state index in [-0.39, 0.29) is 0 Å². The molecular weight excluding hydrogens is 198 g/mol. The van der Waals surface area contributed by atoms with Gasteiger partial charge in [0.05, 0.1) is 17.3 Å². The lowest BCUT2D eigenvalue weighted by Crippen LogP contribution is -2.19. The molecule has 0 heterocycles. The van der Waals surface area contributed by atoms with Crippen molar-refractivity contribution in [2.24, 2.45) is 0 Å². The number of benzene rings is 1. The van der Waals surface area contributed by atoms with Crippen LogP contribution in [0.4, 0.5) is 5.69 Å². The Morgan fingerprint density at radius 1 is 1.19 bits per heavy atom. The van der Waals surface area contributed by atoms with E-state index in [1.807, 2.05) is 31.3 Å². The highest BCUT2D eigenvalue weighted by Gasteiger charge is 2.05. The summed E-state index contributed by atoms with van der Waals surface area (Å²) >= 11 is 0. The average molecular weight is 213 g/mol. The van der Waals surface area contributed by atoms with Gasteiger partial charge in [0.25, 0.3) is 0 Å². The first-order chi connectivity index (χ1) is 7.79. The first-order valence-corrected chi connectivity index (χ1v) is 5.37. The summed E-state index contributed by atoms with van der Waals surface area (Å²) < 4.78 is 0. The van der Waals surface area contributed by atoms with Crippen molar-refractivity contribution in [1.82, 2.24) is 0 Å². The molecule has 0 saturated heterocycles. The molecule has 0 saturated carbocycles. The first kappa shape index (κ1) is 12.1. The summed E-state index contributed by atoms with van der Waals surface area (Å²) in [5.41, 5.74) is 1.66. The molecule has 0 radical (unpaired) electrons. The molecular formula is C13H15N3. The van der Waals surface area contributed by atoms with Gasteiger partial charge in [-0.15, -0.1) is 0 Å². The van der Waals surface area contributed by atoms with E-state index in [0.717, 1.165) is 25.1 Å². The maximum atomic E-state index is 8.96. The molecule has 0 atom stereocenters. The number of unbranched alkanes of at least 4 members (excludes halogenated alkanes) is 2. The predicted octanol–water partition coefficient (Wildman–Crippen LogP) is 2.69. The number of hydrogen-bond donors (Lipinski definition) is 0. The number of rotatable bonds is 5. The van der Waals surface area contributed by atoms with Crippen LogP contribution in [0.2, 0.25) is 0 Å². The third kappa shape index (κ3) is 3.29. The van der Waals surface area contributed by atoms with E-state index in [4.69, 9.17) is 10.5 Å². The van der Waals surface area contributed by atoms with Gasteiger partial charge < -0.3 is 4.90 Å². The molecule has 0 aliphatic rings. The van der Waals surface area contributed by atoms with Gasteiger partial charge in [0.2, 0.25) is 0 Å². The van der Waals surface area contributed by atoms with Crippen LogP contribution in [0.1, 0.15) is 24.8 Å². The fourth-order valence-corrected chi connectivity index (χ4v) is 1.57. The molecule has 0 bridgehead atoms. The molecule has 3 nitrogen and oxygen atoms in total. The maximum Gasteiger partial charge on any atom is 0.101 e. The molecule has 0 amide bonds. The molecule has 0 N–H and O–H groups in total. The molecule has 16 heavy (non-hydrogen) atoms. The Balaban J connectivity index is 2.56. The lowest BCUT2D eigenvalue weighted by Gasteiger charge is -2.19. The van der Waals surface area contributed by atoms with Crippen LogP contribution in [0.5, 0.6) is 0 Å². The zero-order chi connectivity index (χ0) is 11.8. The topological polar surface area (TPSA) is 50.8 Å². The van der Waals surface area contributed by atoms with Crippen molar-refractivity contribution in [2.75, 3.05) is 18.5 Å². The fourth-order valence-electron chi connectivity index (χ4n) is 1.57. The van der Waals surface area contributed by atoms with Crippen molar-refractivity contribution < 1.29 is 0 Å². The van der Waals surface area contributed by atoms with E-state index in [0.29, 0.717) is 12.0 Å². The largest absolute Gasteiger partial charge is 0.374 e. The van der Waals surface area contributed by atoms with Crippen LogP contribution in [-0.4, -0.2) is 13.6 Å². The molecule has 0 aromatic heterocycles. The number of nitrogens with zero attached hydrogens (tertiary/aromatic N) is 3. The average Bonchev–Trinajstić information content (AvgIpc) is 2.34. The number of para-hydroxylation sites is 1. The number of nitriles is 2. The molecule has 1 aromatic rings. The molecule has 0 aliphatic heterocycles. The third-order valence-corrected chi connectivity index (χ3v) is 2.47. The normalized spacial score (nSPS) is 9.19. The summed E-state index contributed by atoms with van der Waals surface area (Å²) in [6, 6.07) is 11.9. The van der Waals surface area contributed by atoms with Gasteiger partial charge in [0, 0.05) is 20.0 Å². The zero-order valence-corrected chi connectivity index (χ0v) is 9.48. The van der Waals surface area contributed by atoms with Gasteiger partial charge in [-0.25, -0.2) is 0 Å². The molecule has 0 aliphatic carbocycles. The molecule has 0 spiro atoms. The van der Waals surface area contributed by atoms with Crippen LogP contribution in [-0.2, 0) is 0 Å². The highest BCUT2D eigenvalue weighted by Crippen LogP contribution is 2.18. The van der Waals surface area contributed by atoms with E-state index in [9.17, 15) is 0 Å². The molecule has 1 aromatic carbocycles. The predicted molar refractivity (Wildman–Crippen MR) is 63.9 cm³/mol. The zero-order valence-electron chi connectivity index (χ0n) is 9.48. The van der Waals surface area contributed by atoms with Crippen LogP contribution in [0.15, 0.2) is 24.3 Å². The summed E-state index contributed by atoms with van der Waals surface area (Å²) in [7, 11) is 1.97. The number of anilines is 1. The summed E-state index contributed by atoms with van der Waals surface area (Å²) in [6.45, 7) is 0.875. The van der Waals surface area contributed by atoms with E-state index in [1.54, 1.807) is 0 Å². The maximum absolute atomic E-state index is 8.96.